The molecule has 0 aromatic rings. The summed E-state index contributed by atoms with van der Waals surface area (Å²) in [6, 6.07) is 0.750. The summed E-state index contributed by atoms with van der Waals surface area (Å²) in [5.74, 6) is 0.971. The summed E-state index contributed by atoms with van der Waals surface area (Å²) in [5.41, 5.74) is 0. The van der Waals surface area contributed by atoms with Crippen LogP contribution in [0.25, 0.3) is 0 Å². The molecule has 1 rings (SSSR count). The van der Waals surface area contributed by atoms with Gasteiger partial charge < -0.3 is 5.11 Å². The summed E-state index contributed by atoms with van der Waals surface area (Å²) in [7, 11) is 0. The number of aliphatic hydroxyl groups excluding tert-OH is 1. The summed E-state index contributed by atoms with van der Waals surface area (Å²) < 4.78 is 0. The van der Waals surface area contributed by atoms with E-state index in [2.05, 4.69) is 18.7 Å². The Labute approximate surface area is 94.7 Å². The average molecular weight is 213 g/mol. The fourth-order valence-corrected chi connectivity index (χ4v) is 2.81. The van der Waals surface area contributed by atoms with Crippen molar-refractivity contribution in [1.29, 1.82) is 0 Å². The van der Waals surface area contributed by atoms with Crippen LogP contribution in [0.2, 0.25) is 0 Å². The SMILES string of the molecule is CCCN(CCO)C1CCC(CC)CC1. The van der Waals surface area contributed by atoms with Crippen LogP contribution in [-0.4, -0.2) is 35.7 Å². The van der Waals surface area contributed by atoms with Gasteiger partial charge in [0.1, 0.15) is 0 Å². The molecule has 2 heteroatoms. The zero-order valence-electron chi connectivity index (χ0n) is 10.4. The first-order valence-electron chi connectivity index (χ1n) is 6.66. The summed E-state index contributed by atoms with van der Waals surface area (Å²) in [6.07, 6.45) is 8.03. The lowest BCUT2D eigenvalue weighted by Crippen LogP contribution is -2.40. The molecule has 0 radical (unpaired) electrons. The van der Waals surface area contributed by atoms with Gasteiger partial charge in [0, 0.05) is 12.6 Å². The van der Waals surface area contributed by atoms with Crippen LogP contribution in [0.5, 0.6) is 0 Å². The highest BCUT2D eigenvalue weighted by molar-refractivity contribution is 4.79. The van der Waals surface area contributed by atoms with E-state index in [1.165, 1.54) is 38.5 Å². The third-order valence-corrected chi connectivity index (χ3v) is 3.81. The van der Waals surface area contributed by atoms with E-state index >= 15 is 0 Å². The standard InChI is InChI=1S/C13H27NO/c1-3-9-14(10-11-15)13-7-5-12(4-2)6-8-13/h12-13,15H,3-11H2,1-2H3. The van der Waals surface area contributed by atoms with E-state index in [-0.39, 0.29) is 0 Å². The molecule has 0 aromatic heterocycles. The molecule has 0 unspecified atom stereocenters. The second-order valence-electron chi connectivity index (χ2n) is 4.84. The quantitative estimate of drug-likeness (QED) is 0.733. The Hall–Kier alpha value is -0.0800. The largest absolute Gasteiger partial charge is 0.395 e. The third-order valence-electron chi connectivity index (χ3n) is 3.81. The molecule has 1 fully saturated rings. The van der Waals surface area contributed by atoms with Crippen LogP contribution in [0.15, 0.2) is 0 Å². The smallest absolute Gasteiger partial charge is 0.0558 e. The Balaban J connectivity index is 2.34. The van der Waals surface area contributed by atoms with Crippen molar-refractivity contribution in [3.05, 3.63) is 0 Å². The van der Waals surface area contributed by atoms with Crippen LogP contribution < -0.4 is 0 Å². The number of hydrogen-bond acceptors (Lipinski definition) is 2. The lowest BCUT2D eigenvalue weighted by molar-refractivity contribution is 0.110. The normalized spacial score (nSPS) is 27.2. The van der Waals surface area contributed by atoms with Crippen molar-refractivity contribution in [3.8, 4) is 0 Å². The van der Waals surface area contributed by atoms with Gasteiger partial charge in [-0.25, -0.2) is 0 Å². The molecule has 0 heterocycles. The number of rotatable bonds is 6. The van der Waals surface area contributed by atoms with Crippen molar-refractivity contribution in [3.63, 3.8) is 0 Å². The van der Waals surface area contributed by atoms with Crippen molar-refractivity contribution in [1.82, 2.24) is 4.90 Å². The molecule has 0 aliphatic heterocycles. The first kappa shape index (κ1) is 13.0. The van der Waals surface area contributed by atoms with Gasteiger partial charge in [-0.1, -0.05) is 20.3 Å². The lowest BCUT2D eigenvalue weighted by Gasteiger charge is -2.36. The van der Waals surface area contributed by atoms with E-state index in [9.17, 15) is 0 Å². The maximum Gasteiger partial charge on any atom is 0.0558 e. The summed E-state index contributed by atoms with van der Waals surface area (Å²) >= 11 is 0. The molecule has 2 nitrogen and oxygen atoms in total. The topological polar surface area (TPSA) is 23.5 Å². The monoisotopic (exact) mass is 213 g/mol. The van der Waals surface area contributed by atoms with Gasteiger partial charge >= 0.3 is 0 Å². The average Bonchev–Trinajstić information content (AvgIpc) is 2.29. The molecule has 0 bridgehead atoms. The van der Waals surface area contributed by atoms with Crippen LogP contribution >= 0.6 is 0 Å². The highest BCUT2D eigenvalue weighted by Gasteiger charge is 2.24. The summed E-state index contributed by atoms with van der Waals surface area (Å²) in [5, 5.41) is 9.05. The van der Waals surface area contributed by atoms with E-state index in [1.807, 2.05) is 0 Å². The fourth-order valence-electron chi connectivity index (χ4n) is 2.81. The maximum atomic E-state index is 9.05. The van der Waals surface area contributed by atoms with Crippen molar-refractivity contribution >= 4 is 0 Å². The third kappa shape index (κ3) is 4.12. The Kier molecular flexibility index (Phi) is 6.26. The lowest BCUT2D eigenvalue weighted by atomic mass is 9.84. The molecule has 0 atom stereocenters. The van der Waals surface area contributed by atoms with Crippen LogP contribution in [0.4, 0.5) is 0 Å². The van der Waals surface area contributed by atoms with Gasteiger partial charge in [0.15, 0.2) is 0 Å². The predicted octanol–water partition coefficient (Wildman–Crippen LogP) is 2.66. The van der Waals surface area contributed by atoms with Crippen molar-refractivity contribution in [2.24, 2.45) is 5.92 Å². The first-order valence-corrected chi connectivity index (χ1v) is 6.66. The maximum absolute atomic E-state index is 9.05. The molecular formula is C13H27NO. The van der Waals surface area contributed by atoms with Crippen LogP contribution in [-0.2, 0) is 0 Å². The van der Waals surface area contributed by atoms with Gasteiger partial charge in [-0.05, 0) is 44.6 Å². The zero-order chi connectivity index (χ0) is 11.1. The molecule has 15 heavy (non-hydrogen) atoms. The highest BCUT2D eigenvalue weighted by atomic mass is 16.3. The summed E-state index contributed by atoms with van der Waals surface area (Å²) in [4.78, 5) is 2.49. The Bertz CT molecular complexity index is 147. The van der Waals surface area contributed by atoms with Gasteiger partial charge in [0.2, 0.25) is 0 Å². The van der Waals surface area contributed by atoms with Crippen molar-refractivity contribution in [2.45, 2.75) is 58.4 Å². The molecule has 1 N–H and O–H groups in total. The van der Waals surface area contributed by atoms with E-state index in [1.54, 1.807) is 0 Å². The number of nitrogens with zero attached hydrogens (tertiary/aromatic N) is 1. The molecule has 0 amide bonds. The molecule has 1 aliphatic rings. The molecule has 0 aromatic carbocycles. The van der Waals surface area contributed by atoms with Crippen LogP contribution in [0.3, 0.4) is 0 Å². The van der Waals surface area contributed by atoms with Gasteiger partial charge in [0.05, 0.1) is 6.61 Å². The Morgan fingerprint density at radius 1 is 1.07 bits per heavy atom. The minimum absolute atomic E-state index is 0.313. The fraction of sp³-hybridized carbons (Fsp3) is 1.00. The van der Waals surface area contributed by atoms with Gasteiger partial charge in [-0.3, -0.25) is 4.90 Å². The van der Waals surface area contributed by atoms with Crippen LogP contribution in [0, 0.1) is 5.92 Å². The van der Waals surface area contributed by atoms with Gasteiger partial charge in [-0.2, -0.15) is 0 Å². The van der Waals surface area contributed by atoms with Gasteiger partial charge in [0.25, 0.3) is 0 Å². The summed E-state index contributed by atoms with van der Waals surface area (Å²) in [6.45, 7) is 6.87. The first-order chi connectivity index (χ1) is 7.31. The van der Waals surface area contributed by atoms with E-state index in [0.29, 0.717) is 6.61 Å². The van der Waals surface area contributed by atoms with E-state index in [0.717, 1.165) is 25.0 Å². The number of hydrogen-bond donors (Lipinski definition) is 1. The minimum Gasteiger partial charge on any atom is -0.395 e. The molecule has 1 aliphatic carbocycles. The van der Waals surface area contributed by atoms with Crippen molar-refractivity contribution < 1.29 is 5.11 Å². The molecule has 0 saturated heterocycles. The molecule has 90 valence electrons. The molecular weight excluding hydrogens is 186 g/mol. The molecule has 0 spiro atoms. The van der Waals surface area contributed by atoms with Crippen LogP contribution in [0.1, 0.15) is 52.4 Å². The second kappa shape index (κ2) is 7.24. The Morgan fingerprint density at radius 2 is 1.73 bits per heavy atom. The van der Waals surface area contributed by atoms with Crippen molar-refractivity contribution in [2.75, 3.05) is 19.7 Å². The number of aliphatic hydroxyl groups is 1. The van der Waals surface area contributed by atoms with E-state index < -0.39 is 0 Å². The van der Waals surface area contributed by atoms with E-state index in [4.69, 9.17) is 5.11 Å². The predicted molar refractivity (Wildman–Crippen MR) is 65.0 cm³/mol. The zero-order valence-corrected chi connectivity index (χ0v) is 10.4. The van der Waals surface area contributed by atoms with Gasteiger partial charge in [-0.15, -0.1) is 0 Å². The second-order valence-corrected chi connectivity index (χ2v) is 4.84. The minimum atomic E-state index is 0.313. The highest BCUT2D eigenvalue weighted by Crippen LogP contribution is 2.29. The Morgan fingerprint density at radius 3 is 2.20 bits per heavy atom. The molecule has 1 saturated carbocycles.